The van der Waals surface area contributed by atoms with E-state index in [-0.39, 0.29) is 11.7 Å². The summed E-state index contributed by atoms with van der Waals surface area (Å²) in [5, 5.41) is 11.6. The number of carbonyl (C=O) groups is 1. The standard InChI is InChI=1S/C11H17N3O3/c15-10(16)9-8-17-11(13-9)12-4-3-7-14-5-1-2-6-14/h8H,1-7H2,(H,12,13)(H,15,16). The van der Waals surface area contributed by atoms with E-state index in [2.05, 4.69) is 15.2 Å². The molecular formula is C11H17N3O3. The molecule has 2 heterocycles. The molecule has 1 saturated heterocycles. The highest BCUT2D eigenvalue weighted by Crippen LogP contribution is 2.09. The molecule has 0 bridgehead atoms. The summed E-state index contributed by atoms with van der Waals surface area (Å²) in [6.45, 7) is 4.21. The quantitative estimate of drug-likeness (QED) is 0.728. The number of oxazole rings is 1. The van der Waals surface area contributed by atoms with Crippen LogP contribution in [0.2, 0.25) is 0 Å². The number of carboxylic acid groups (broad SMARTS) is 1. The second-order valence-corrected chi connectivity index (χ2v) is 4.17. The van der Waals surface area contributed by atoms with Gasteiger partial charge in [0.2, 0.25) is 0 Å². The lowest BCUT2D eigenvalue weighted by Crippen LogP contribution is -2.22. The van der Waals surface area contributed by atoms with E-state index in [0.717, 1.165) is 25.8 Å². The van der Waals surface area contributed by atoms with Gasteiger partial charge < -0.3 is 19.7 Å². The summed E-state index contributed by atoms with van der Waals surface area (Å²) in [7, 11) is 0. The third-order valence-corrected chi connectivity index (χ3v) is 2.85. The van der Waals surface area contributed by atoms with Crippen molar-refractivity contribution in [2.45, 2.75) is 19.3 Å². The van der Waals surface area contributed by atoms with Crippen molar-refractivity contribution >= 4 is 12.0 Å². The van der Waals surface area contributed by atoms with E-state index in [0.29, 0.717) is 0 Å². The number of carboxylic acids is 1. The Morgan fingerprint density at radius 3 is 2.94 bits per heavy atom. The van der Waals surface area contributed by atoms with Crippen molar-refractivity contribution in [3.63, 3.8) is 0 Å². The smallest absolute Gasteiger partial charge is 0.357 e. The molecule has 6 nitrogen and oxygen atoms in total. The lowest BCUT2D eigenvalue weighted by atomic mass is 10.4. The van der Waals surface area contributed by atoms with Crippen molar-refractivity contribution in [3.8, 4) is 0 Å². The van der Waals surface area contributed by atoms with Crippen LogP contribution in [0.1, 0.15) is 29.8 Å². The summed E-state index contributed by atoms with van der Waals surface area (Å²) in [5.74, 6) is -1.07. The van der Waals surface area contributed by atoms with Crippen LogP contribution in [0, 0.1) is 0 Å². The van der Waals surface area contributed by atoms with E-state index >= 15 is 0 Å². The summed E-state index contributed by atoms with van der Waals surface area (Å²) in [6.07, 6.45) is 4.75. The third-order valence-electron chi connectivity index (χ3n) is 2.85. The molecule has 0 radical (unpaired) electrons. The molecule has 6 heteroatoms. The molecule has 1 aromatic heterocycles. The summed E-state index contributed by atoms with van der Waals surface area (Å²) >= 11 is 0. The number of aromatic nitrogens is 1. The lowest BCUT2D eigenvalue weighted by molar-refractivity contribution is 0.0690. The van der Waals surface area contributed by atoms with Gasteiger partial charge in [-0.3, -0.25) is 0 Å². The van der Waals surface area contributed by atoms with Gasteiger partial charge in [-0.05, 0) is 38.9 Å². The van der Waals surface area contributed by atoms with E-state index in [1.165, 1.54) is 25.9 Å². The van der Waals surface area contributed by atoms with Crippen LogP contribution in [-0.4, -0.2) is 47.1 Å². The number of rotatable bonds is 6. The zero-order valence-corrected chi connectivity index (χ0v) is 9.69. The van der Waals surface area contributed by atoms with Gasteiger partial charge in [-0.1, -0.05) is 0 Å². The van der Waals surface area contributed by atoms with Crippen molar-refractivity contribution in [2.75, 3.05) is 31.5 Å². The highest BCUT2D eigenvalue weighted by molar-refractivity contribution is 5.85. The zero-order chi connectivity index (χ0) is 12.1. The molecule has 17 heavy (non-hydrogen) atoms. The molecule has 0 amide bonds. The molecule has 1 fully saturated rings. The van der Waals surface area contributed by atoms with Crippen LogP contribution in [-0.2, 0) is 0 Å². The van der Waals surface area contributed by atoms with E-state index in [1.54, 1.807) is 0 Å². The fraction of sp³-hybridized carbons (Fsp3) is 0.636. The van der Waals surface area contributed by atoms with Gasteiger partial charge in [-0.2, -0.15) is 4.98 Å². The highest BCUT2D eigenvalue weighted by Gasteiger charge is 2.11. The number of likely N-dealkylation sites (tertiary alicyclic amines) is 1. The molecule has 0 spiro atoms. The van der Waals surface area contributed by atoms with Gasteiger partial charge in [0.15, 0.2) is 5.69 Å². The van der Waals surface area contributed by atoms with Crippen LogP contribution in [0.25, 0.3) is 0 Å². The van der Waals surface area contributed by atoms with Crippen molar-refractivity contribution in [3.05, 3.63) is 12.0 Å². The molecule has 2 rings (SSSR count). The second kappa shape index (κ2) is 5.67. The van der Waals surface area contributed by atoms with E-state index in [9.17, 15) is 4.79 Å². The van der Waals surface area contributed by atoms with Gasteiger partial charge >= 0.3 is 5.97 Å². The maximum atomic E-state index is 10.6. The van der Waals surface area contributed by atoms with Crippen molar-refractivity contribution in [1.82, 2.24) is 9.88 Å². The predicted octanol–water partition coefficient (Wildman–Crippen LogP) is 1.27. The number of aromatic carboxylic acids is 1. The molecule has 0 saturated carbocycles. The first kappa shape index (κ1) is 11.9. The van der Waals surface area contributed by atoms with Crippen molar-refractivity contribution in [2.24, 2.45) is 0 Å². The predicted molar refractivity (Wildman–Crippen MR) is 62.2 cm³/mol. The second-order valence-electron chi connectivity index (χ2n) is 4.17. The minimum atomic E-state index is -1.07. The maximum absolute atomic E-state index is 10.6. The summed E-state index contributed by atoms with van der Waals surface area (Å²) < 4.78 is 4.98. The largest absolute Gasteiger partial charge is 0.476 e. The van der Waals surface area contributed by atoms with Crippen LogP contribution in [0.4, 0.5) is 6.01 Å². The van der Waals surface area contributed by atoms with E-state index in [4.69, 9.17) is 9.52 Å². The van der Waals surface area contributed by atoms with Gasteiger partial charge in [-0.25, -0.2) is 4.79 Å². The molecule has 0 unspecified atom stereocenters. The molecule has 1 aromatic rings. The first-order valence-electron chi connectivity index (χ1n) is 5.91. The van der Waals surface area contributed by atoms with Crippen LogP contribution in [0.5, 0.6) is 0 Å². The van der Waals surface area contributed by atoms with Gasteiger partial charge in [0.05, 0.1) is 0 Å². The Kier molecular flexibility index (Phi) is 3.98. The first-order valence-corrected chi connectivity index (χ1v) is 5.91. The fourth-order valence-corrected chi connectivity index (χ4v) is 1.96. The Morgan fingerprint density at radius 2 is 2.29 bits per heavy atom. The topological polar surface area (TPSA) is 78.6 Å². The number of hydrogen-bond donors (Lipinski definition) is 2. The summed E-state index contributed by atoms with van der Waals surface area (Å²) in [4.78, 5) is 16.8. The molecule has 0 atom stereocenters. The summed E-state index contributed by atoms with van der Waals surface area (Å²) in [6, 6.07) is 0.281. The van der Waals surface area contributed by atoms with Crippen LogP contribution >= 0.6 is 0 Å². The Balaban J connectivity index is 1.65. The first-order chi connectivity index (χ1) is 8.25. The lowest BCUT2D eigenvalue weighted by Gasteiger charge is -2.13. The van der Waals surface area contributed by atoms with Crippen LogP contribution in [0.15, 0.2) is 10.7 Å². The molecular weight excluding hydrogens is 222 g/mol. The number of hydrogen-bond acceptors (Lipinski definition) is 5. The fourth-order valence-electron chi connectivity index (χ4n) is 1.96. The van der Waals surface area contributed by atoms with Gasteiger partial charge in [0.25, 0.3) is 6.01 Å². The van der Waals surface area contributed by atoms with Gasteiger partial charge in [0, 0.05) is 6.54 Å². The van der Waals surface area contributed by atoms with Gasteiger partial charge in [0.1, 0.15) is 6.26 Å². The molecule has 0 aliphatic carbocycles. The minimum Gasteiger partial charge on any atom is -0.476 e. The Labute approximate surface area is 99.6 Å². The molecule has 94 valence electrons. The molecule has 1 aliphatic rings. The minimum absolute atomic E-state index is 0.0629. The maximum Gasteiger partial charge on any atom is 0.357 e. The SMILES string of the molecule is O=C(O)c1coc(NCCCN2CCCC2)n1. The monoisotopic (exact) mass is 239 g/mol. The van der Waals surface area contributed by atoms with Crippen molar-refractivity contribution < 1.29 is 14.3 Å². The van der Waals surface area contributed by atoms with Crippen LogP contribution < -0.4 is 5.32 Å². The third kappa shape index (κ3) is 3.45. The number of nitrogens with one attached hydrogen (secondary N) is 1. The molecule has 0 aromatic carbocycles. The van der Waals surface area contributed by atoms with Gasteiger partial charge in [-0.15, -0.1) is 0 Å². The number of nitrogens with zero attached hydrogens (tertiary/aromatic N) is 2. The van der Waals surface area contributed by atoms with E-state index in [1.807, 2.05) is 0 Å². The highest BCUT2D eigenvalue weighted by atomic mass is 16.4. The average molecular weight is 239 g/mol. The van der Waals surface area contributed by atoms with E-state index < -0.39 is 5.97 Å². The normalized spacial score (nSPS) is 16.2. The number of anilines is 1. The Bertz CT molecular complexity index is 372. The zero-order valence-electron chi connectivity index (χ0n) is 9.69. The average Bonchev–Trinajstić information content (AvgIpc) is 2.96. The Morgan fingerprint density at radius 1 is 1.53 bits per heavy atom. The molecule has 1 aliphatic heterocycles. The van der Waals surface area contributed by atoms with Crippen LogP contribution in [0.3, 0.4) is 0 Å². The Hall–Kier alpha value is -1.56. The summed E-state index contributed by atoms with van der Waals surface area (Å²) in [5.41, 5.74) is -0.0629. The van der Waals surface area contributed by atoms with Crippen molar-refractivity contribution in [1.29, 1.82) is 0 Å². The molecule has 2 N–H and O–H groups in total.